The van der Waals surface area contributed by atoms with E-state index in [2.05, 4.69) is 68.6 Å². The molecule has 2 N–H and O–H groups in total. The van der Waals surface area contributed by atoms with E-state index in [0.717, 1.165) is 28.2 Å². The maximum atomic E-state index is 12.1. The number of carbonyl (C=O) groups is 2. The molecule has 0 spiro atoms. The number of carbonyl (C=O) groups excluding carboxylic acids is 2. The summed E-state index contributed by atoms with van der Waals surface area (Å²) >= 11 is 0. The first-order chi connectivity index (χ1) is 26.0. The Balaban J connectivity index is 1.52. The molecule has 4 rings (SSSR count). The molecule has 1 saturated carbocycles. The Bertz CT molecular complexity index is 1680. The molecular formula is C46H60O8. The Kier molecular flexibility index (Phi) is 16.4. The molecule has 0 bridgehead atoms. The van der Waals surface area contributed by atoms with Crippen molar-refractivity contribution in [3.63, 3.8) is 0 Å². The summed E-state index contributed by atoms with van der Waals surface area (Å²) < 4.78 is 22.7. The van der Waals surface area contributed by atoms with Crippen LogP contribution in [0.3, 0.4) is 0 Å². The van der Waals surface area contributed by atoms with E-state index in [0.29, 0.717) is 35.8 Å². The SMILES string of the molecule is C=C(C)C(=O)OCCCc1cc(-c2ccc(-c3ccc(C4CCC(CCCCC)CC4)cc3)cc2)c(OC)cc1OCC(CO)(CO)COC(=O)C(=C)C. The third-order valence-corrected chi connectivity index (χ3v) is 10.6. The second kappa shape index (κ2) is 20.9. The van der Waals surface area contributed by atoms with Gasteiger partial charge >= 0.3 is 11.9 Å². The summed E-state index contributed by atoms with van der Waals surface area (Å²) in [7, 11) is 1.59. The number of ether oxygens (including phenoxy) is 4. The Morgan fingerprint density at radius 2 is 1.35 bits per heavy atom. The van der Waals surface area contributed by atoms with Crippen LogP contribution in [-0.4, -0.2) is 62.3 Å². The second-order valence-corrected chi connectivity index (χ2v) is 15.1. The van der Waals surface area contributed by atoms with Gasteiger partial charge in [-0.25, -0.2) is 9.59 Å². The zero-order valence-corrected chi connectivity index (χ0v) is 32.8. The van der Waals surface area contributed by atoms with Crippen LogP contribution in [0.1, 0.15) is 95.6 Å². The van der Waals surface area contributed by atoms with Gasteiger partial charge < -0.3 is 29.2 Å². The lowest BCUT2D eigenvalue weighted by molar-refractivity contribution is -0.146. The van der Waals surface area contributed by atoms with E-state index >= 15 is 0 Å². The summed E-state index contributed by atoms with van der Waals surface area (Å²) in [6.45, 7) is 11.5. The fourth-order valence-corrected chi connectivity index (χ4v) is 6.99. The maximum absolute atomic E-state index is 12.1. The number of aliphatic hydroxyl groups is 2. The van der Waals surface area contributed by atoms with Gasteiger partial charge in [0.25, 0.3) is 0 Å². The quantitative estimate of drug-likeness (QED) is 0.0632. The monoisotopic (exact) mass is 740 g/mol. The van der Waals surface area contributed by atoms with Crippen LogP contribution in [0.4, 0.5) is 0 Å². The molecule has 0 saturated heterocycles. The molecule has 8 heteroatoms. The van der Waals surface area contributed by atoms with Crippen LogP contribution < -0.4 is 9.47 Å². The average Bonchev–Trinajstić information content (AvgIpc) is 3.20. The normalized spacial score (nSPS) is 15.7. The largest absolute Gasteiger partial charge is 0.496 e. The Morgan fingerprint density at radius 1 is 0.759 bits per heavy atom. The van der Waals surface area contributed by atoms with Gasteiger partial charge in [-0.15, -0.1) is 0 Å². The van der Waals surface area contributed by atoms with Crippen LogP contribution in [0.5, 0.6) is 11.5 Å². The number of aryl methyl sites for hydroxylation is 1. The van der Waals surface area contributed by atoms with E-state index in [1.165, 1.54) is 69.4 Å². The van der Waals surface area contributed by atoms with Gasteiger partial charge in [0.15, 0.2) is 0 Å². The van der Waals surface area contributed by atoms with E-state index in [9.17, 15) is 19.8 Å². The fraction of sp³-hybridized carbons (Fsp3) is 0.478. The second-order valence-electron chi connectivity index (χ2n) is 15.1. The lowest BCUT2D eigenvalue weighted by atomic mass is 9.77. The van der Waals surface area contributed by atoms with Gasteiger partial charge in [-0.3, -0.25) is 0 Å². The van der Waals surface area contributed by atoms with Crippen LogP contribution in [-0.2, 0) is 25.5 Å². The number of hydrogen-bond acceptors (Lipinski definition) is 8. The lowest BCUT2D eigenvalue weighted by Crippen LogP contribution is -2.41. The van der Waals surface area contributed by atoms with E-state index < -0.39 is 30.6 Å². The lowest BCUT2D eigenvalue weighted by Gasteiger charge is -2.29. The molecule has 3 aromatic carbocycles. The molecule has 0 aromatic heterocycles. The van der Waals surface area contributed by atoms with Crippen LogP contribution in [0.25, 0.3) is 22.3 Å². The van der Waals surface area contributed by atoms with E-state index in [-0.39, 0.29) is 25.4 Å². The Morgan fingerprint density at radius 3 is 1.93 bits per heavy atom. The Labute approximate surface area is 322 Å². The molecule has 292 valence electrons. The summed E-state index contributed by atoms with van der Waals surface area (Å²) in [4.78, 5) is 24.1. The highest BCUT2D eigenvalue weighted by Gasteiger charge is 2.33. The van der Waals surface area contributed by atoms with E-state index in [1.807, 2.05) is 6.07 Å². The van der Waals surface area contributed by atoms with Crippen molar-refractivity contribution >= 4 is 11.9 Å². The molecule has 8 nitrogen and oxygen atoms in total. The van der Waals surface area contributed by atoms with Crippen molar-refractivity contribution in [2.45, 2.75) is 90.9 Å². The molecule has 1 aliphatic carbocycles. The average molecular weight is 741 g/mol. The minimum Gasteiger partial charge on any atom is -0.496 e. The van der Waals surface area contributed by atoms with Crippen molar-refractivity contribution in [2.24, 2.45) is 11.3 Å². The van der Waals surface area contributed by atoms with Gasteiger partial charge in [0.2, 0.25) is 0 Å². The molecule has 0 heterocycles. The number of esters is 2. The fourth-order valence-electron chi connectivity index (χ4n) is 6.99. The molecule has 0 amide bonds. The van der Waals surface area contributed by atoms with Crippen molar-refractivity contribution in [1.82, 2.24) is 0 Å². The van der Waals surface area contributed by atoms with Gasteiger partial charge in [-0.2, -0.15) is 0 Å². The maximum Gasteiger partial charge on any atom is 0.333 e. The van der Waals surface area contributed by atoms with E-state index in [1.54, 1.807) is 20.1 Å². The molecule has 1 fully saturated rings. The summed E-state index contributed by atoms with van der Waals surface area (Å²) in [6.07, 6.45) is 11.7. The van der Waals surface area contributed by atoms with Crippen molar-refractivity contribution < 1.29 is 38.7 Å². The smallest absolute Gasteiger partial charge is 0.333 e. The number of hydrogen-bond donors (Lipinski definition) is 2. The number of methoxy groups -OCH3 is 1. The van der Waals surface area contributed by atoms with Crippen molar-refractivity contribution in [1.29, 1.82) is 0 Å². The minimum absolute atomic E-state index is 0.141. The van der Waals surface area contributed by atoms with Crippen LogP contribution >= 0.6 is 0 Å². The predicted octanol–water partition coefficient (Wildman–Crippen LogP) is 9.40. The zero-order chi connectivity index (χ0) is 39.1. The molecule has 0 unspecified atom stereocenters. The van der Waals surface area contributed by atoms with Crippen LogP contribution in [0.15, 0.2) is 85.0 Å². The summed E-state index contributed by atoms with van der Waals surface area (Å²) in [5, 5.41) is 20.4. The summed E-state index contributed by atoms with van der Waals surface area (Å²) in [5.41, 5.74) is 5.65. The highest BCUT2D eigenvalue weighted by molar-refractivity contribution is 5.87. The molecule has 54 heavy (non-hydrogen) atoms. The van der Waals surface area contributed by atoms with Crippen molar-refractivity contribution in [2.75, 3.05) is 40.1 Å². The highest BCUT2D eigenvalue weighted by atomic mass is 16.5. The topological polar surface area (TPSA) is 112 Å². The van der Waals surface area contributed by atoms with Crippen molar-refractivity contribution in [3.05, 3.63) is 96.1 Å². The minimum atomic E-state index is -1.26. The number of aliphatic hydroxyl groups excluding tert-OH is 2. The summed E-state index contributed by atoms with van der Waals surface area (Å²) in [5.74, 6) is 1.53. The third-order valence-electron chi connectivity index (χ3n) is 10.6. The first-order valence-electron chi connectivity index (χ1n) is 19.4. The van der Waals surface area contributed by atoms with Gasteiger partial charge in [0.1, 0.15) is 24.7 Å². The van der Waals surface area contributed by atoms with Gasteiger partial charge in [-0.1, -0.05) is 94.3 Å². The third kappa shape index (κ3) is 11.8. The predicted molar refractivity (Wildman–Crippen MR) is 215 cm³/mol. The van der Waals surface area contributed by atoms with Gasteiger partial charge in [-0.05, 0) is 98.1 Å². The van der Waals surface area contributed by atoms with Crippen LogP contribution in [0.2, 0.25) is 0 Å². The van der Waals surface area contributed by atoms with Gasteiger partial charge in [0, 0.05) is 22.8 Å². The first kappa shape index (κ1) is 42.3. The van der Waals surface area contributed by atoms with Crippen LogP contribution in [0, 0.1) is 11.3 Å². The summed E-state index contributed by atoms with van der Waals surface area (Å²) in [6, 6.07) is 21.3. The molecular weight excluding hydrogens is 680 g/mol. The Hall–Kier alpha value is -4.40. The molecule has 0 radical (unpaired) electrons. The number of rotatable bonds is 21. The number of benzene rings is 3. The standard InChI is InChI=1S/C46H60O8/c1-7-8-9-11-34-13-15-35(16-14-34)36-17-19-37(20-18-36)38-21-23-39(24-22-38)41-26-40(12-10-25-52-44(49)32(2)3)42(27-43(41)51-6)53-30-46(28-47,29-48)31-54-45(50)33(4)5/h17-24,26-27,34-35,47-48H,2,4,7-16,25,28-31H2,1,3,5-6H3. The molecule has 0 atom stereocenters. The molecule has 1 aliphatic rings. The number of unbranched alkanes of at least 4 members (excludes halogenated alkanes) is 2. The highest BCUT2D eigenvalue weighted by Crippen LogP contribution is 2.40. The first-order valence-corrected chi connectivity index (χ1v) is 19.4. The van der Waals surface area contributed by atoms with E-state index in [4.69, 9.17) is 18.9 Å². The molecule has 3 aromatic rings. The van der Waals surface area contributed by atoms with Crippen molar-refractivity contribution in [3.8, 4) is 33.8 Å². The zero-order valence-electron chi connectivity index (χ0n) is 32.8. The van der Waals surface area contributed by atoms with Gasteiger partial charge in [0.05, 0.1) is 32.3 Å². The molecule has 0 aliphatic heterocycles.